The molecule has 1 aromatic heterocycles. The maximum atomic E-state index is 13.1. The van der Waals surface area contributed by atoms with E-state index in [-0.39, 0.29) is 17.7 Å². The highest BCUT2D eigenvalue weighted by atomic mass is 16.4. The molecule has 35 heavy (non-hydrogen) atoms. The Hall–Kier alpha value is -4.01. The van der Waals surface area contributed by atoms with Crippen LogP contribution in [0.15, 0.2) is 52.9 Å². The molecular weight excluding hydrogens is 446 g/mol. The van der Waals surface area contributed by atoms with Gasteiger partial charge in [-0.3, -0.25) is 14.9 Å². The maximum absolute atomic E-state index is 13.1. The number of carbonyl (C=O) groups excluding carboxylic acids is 3. The van der Waals surface area contributed by atoms with Crippen LogP contribution in [-0.2, 0) is 10.3 Å². The summed E-state index contributed by atoms with van der Waals surface area (Å²) in [5, 5.41) is 13.5. The quantitative estimate of drug-likeness (QED) is 0.548. The predicted molar refractivity (Wildman–Crippen MR) is 127 cm³/mol. The van der Waals surface area contributed by atoms with E-state index in [2.05, 4.69) is 20.8 Å². The monoisotopic (exact) mass is 473 g/mol. The number of imide groups is 1. The second kappa shape index (κ2) is 8.98. The molecule has 1 atom stereocenters. The fourth-order valence-corrected chi connectivity index (χ4v) is 4.88. The number of aryl methyl sites for hydroxylation is 1. The van der Waals surface area contributed by atoms with Crippen LogP contribution in [0.25, 0.3) is 11.5 Å². The second-order valence-corrected chi connectivity index (χ2v) is 9.07. The van der Waals surface area contributed by atoms with Crippen LogP contribution in [0.4, 0.5) is 4.79 Å². The van der Waals surface area contributed by atoms with Gasteiger partial charge in [-0.25, -0.2) is 4.79 Å². The molecule has 2 saturated heterocycles. The molecule has 2 N–H and O–H groups in total. The highest BCUT2D eigenvalue weighted by Crippen LogP contribution is 2.32. The molecule has 4 amide bonds. The van der Waals surface area contributed by atoms with Crippen molar-refractivity contribution in [3.8, 4) is 11.5 Å². The third kappa shape index (κ3) is 4.07. The summed E-state index contributed by atoms with van der Waals surface area (Å²) in [5.41, 5.74) is 2.11. The van der Waals surface area contributed by atoms with Gasteiger partial charge < -0.3 is 14.6 Å². The number of rotatable bonds is 5. The van der Waals surface area contributed by atoms with Crippen molar-refractivity contribution in [1.82, 2.24) is 25.7 Å². The zero-order valence-corrected chi connectivity index (χ0v) is 19.7. The SMILES string of the molecule is CC[C@]1(c2ccc(C(=O)N3CCC(c4nnc(-c5ccccc5C)o4)CC3)cc2)NC(=O)NC1=O. The Morgan fingerprint density at radius 3 is 2.43 bits per heavy atom. The third-order valence-electron chi connectivity index (χ3n) is 7.04. The van der Waals surface area contributed by atoms with Crippen LogP contribution in [0, 0.1) is 6.92 Å². The molecule has 2 aliphatic heterocycles. The molecule has 0 bridgehead atoms. The molecule has 0 radical (unpaired) electrons. The van der Waals surface area contributed by atoms with Gasteiger partial charge in [0.2, 0.25) is 11.8 Å². The van der Waals surface area contributed by atoms with Gasteiger partial charge in [0.15, 0.2) is 0 Å². The molecule has 0 unspecified atom stereocenters. The van der Waals surface area contributed by atoms with E-state index in [0.717, 1.165) is 24.0 Å². The number of benzene rings is 2. The Labute approximate surface area is 202 Å². The van der Waals surface area contributed by atoms with E-state index in [4.69, 9.17) is 4.42 Å². The van der Waals surface area contributed by atoms with Crippen LogP contribution in [0.5, 0.6) is 0 Å². The summed E-state index contributed by atoms with van der Waals surface area (Å²) in [7, 11) is 0. The molecule has 3 heterocycles. The lowest BCUT2D eigenvalue weighted by Gasteiger charge is -2.31. The van der Waals surface area contributed by atoms with Crippen molar-refractivity contribution in [2.75, 3.05) is 13.1 Å². The van der Waals surface area contributed by atoms with E-state index in [0.29, 0.717) is 42.4 Å². The summed E-state index contributed by atoms with van der Waals surface area (Å²) < 4.78 is 5.98. The van der Waals surface area contributed by atoms with Crippen LogP contribution < -0.4 is 10.6 Å². The molecule has 0 spiro atoms. The number of nitrogens with zero attached hydrogens (tertiary/aromatic N) is 3. The topological polar surface area (TPSA) is 117 Å². The summed E-state index contributed by atoms with van der Waals surface area (Å²) in [6, 6.07) is 14.3. The molecule has 0 saturated carbocycles. The average Bonchev–Trinajstić information content (AvgIpc) is 3.48. The minimum atomic E-state index is -1.10. The molecular formula is C26H27N5O4. The lowest BCUT2D eigenvalue weighted by molar-refractivity contribution is -0.124. The first kappa shape index (κ1) is 22.8. The predicted octanol–water partition coefficient (Wildman–Crippen LogP) is 3.51. The number of likely N-dealkylation sites (tertiary alicyclic amines) is 1. The van der Waals surface area contributed by atoms with Gasteiger partial charge >= 0.3 is 6.03 Å². The van der Waals surface area contributed by atoms with Gasteiger partial charge in [0.1, 0.15) is 5.54 Å². The highest BCUT2D eigenvalue weighted by molar-refractivity contribution is 6.07. The van der Waals surface area contributed by atoms with Gasteiger partial charge in [-0.1, -0.05) is 37.3 Å². The summed E-state index contributed by atoms with van der Waals surface area (Å²) in [4.78, 5) is 39.0. The van der Waals surface area contributed by atoms with Crippen LogP contribution >= 0.6 is 0 Å². The van der Waals surface area contributed by atoms with Crippen LogP contribution in [0.1, 0.15) is 59.5 Å². The van der Waals surface area contributed by atoms with Crippen molar-refractivity contribution in [2.24, 2.45) is 0 Å². The third-order valence-corrected chi connectivity index (χ3v) is 7.04. The largest absolute Gasteiger partial charge is 0.420 e. The normalized spacial score (nSPS) is 20.6. The van der Waals surface area contributed by atoms with Crippen molar-refractivity contribution >= 4 is 17.8 Å². The number of piperidine rings is 1. The fraction of sp³-hybridized carbons (Fsp3) is 0.346. The summed E-state index contributed by atoms with van der Waals surface area (Å²) >= 11 is 0. The molecule has 9 heteroatoms. The van der Waals surface area contributed by atoms with Gasteiger partial charge in [0.05, 0.1) is 0 Å². The van der Waals surface area contributed by atoms with Gasteiger partial charge in [-0.2, -0.15) is 0 Å². The Morgan fingerprint density at radius 2 is 1.80 bits per heavy atom. The van der Waals surface area contributed by atoms with Crippen molar-refractivity contribution in [3.05, 3.63) is 71.1 Å². The average molecular weight is 474 g/mol. The van der Waals surface area contributed by atoms with E-state index in [1.807, 2.05) is 43.0 Å². The van der Waals surface area contributed by atoms with Crippen molar-refractivity contribution in [2.45, 2.75) is 44.6 Å². The van der Waals surface area contributed by atoms with Crippen LogP contribution in [0.3, 0.4) is 0 Å². The van der Waals surface area contributed by atoms with Crippen molar-refractivity contribution in [3.63, 3.8) is 0 Å². The molecule has 5 rings (SSSR count). The standard InChI is InChI=1S/C26H27N5O4/c1-3-26(24(33)27-25(34)28-26)19-10-8-18(9-11-19)23(32)31-14-12-17(13-15-31)21-29-30-22(35-21)20-7-5-4-6-16(20)2/h4-11,17H,3,12-15H2,1-2H3,(H2,27,28,33,34)/t26-/m1/s1. The lowest BCUT2D eigenvalue weighted by atomic mass is 9.87. The van der Waals surface area contributed by atoms with Crippen LogP contribution in [0.2, 0.25) is 0 Å². The minimum Gasteiger partial charge on any atom is -0.420 e. The number of aromatic nitrogens is 2. The zero-order valence-electron chi connectivity index (χ0n) is 19.7. The number of nitrogens with one attached hydrogen (secondary N) is 2. The minimum absolute atomic E-state index is 0.0633. The van der Waals surface area contributed by atoms with E-state index in [1.165, 1.54) is 0 Å². The molecule has 2 fully saturated rings. The molecule has 3 aromatic rings. The smallest absolute Gasteiger partial charge is 0.322 e. The van der Waals surface area contributed by atoms with Gasteiger partial charge in [-0.05, 0) is 55.5 Å². The number of carbonyl (C=O) groups is 3. The zero-order chi connectivity index (χ0) is 24.6. The lowest BCUT2D eigenvalue weighted by Crippen LogP contribution is -2.43. The Balaban J connectivity index is 1.23. The van der Waals surface area contributed by atoms with E-state index in [1.54, 1.807) is 24.3 Å². The number of urea groups is 1. The number of amides is 4. The summed E-state index contributed by atoms with van der Waals surface area (Å²) in [5.74, 6) is 0.806. The highest BCUT2D eigenvalue weighted by Gasteiger charge is 2.46. The van der Waals surface area contributed by atoms with Crippen LogP contribution in [-0.4, -0.2) is 46.0 Å². The van der Waals surface area contributed by atoms with Gasteiger partial charge in [0, 0.05) is 30.1 Å². The first-order chi connectivity index (χ1) is 16.9. The molecule has 9 nitrogen and oxygen atoms in total. The molecule has 2 aromatic carbocycles. The Morgan fingerprint density at radius 1 is 1.09 bits per heavy atom. The van der Waals surface area contributed by atoms with E-state index in [9.17, 15) is 14.4 Å². The first-order valence-electron chi connectivity index (χ1n) is 11.8. The van der Waals surface area contributed by atoms with Gasteiger partial charge in [-0.15, -0.1) is 10.2 Å². The van der Waals surface area contributed by atoms with Gasteiger partial charge in [0.25, 0.3) is 11.8 Å². The summed E-state index contributed by atoms with van der Waals surface area (Å²) in [6.45, 7) is 5.02. The van der Waals surface area contributed by atoms with Crippen molar-refractivity contribution < 1.29 is 18.8 Å². The Bertz CT molecular complexity index is 1280. The second-order valence-electron chi connectivity index (χ2n) is 9.07. The number of hydrogen-bond acceptors (Lipinski definition) is 6. The summed E-state index contributed by atoms with van der Waals surface area (Å²) in [6.07, 6.45) is 1.89. The number of hydrogen-bond donors (Lipinski definition) is 2. The fourth-order valence-electron chi connectivity index (χ4n) is 4.88. The molecule has 0 aliphatic carbocycles. The van der Waals surface area contributed by atoms with E-state index < -0.39 is 11.6 Å². The molecule has 180 valence electrons. The first-order valence-corrected chi connectivity index (χ1v) is 11.8. The van der Waals surface area contributed by atoms with E-state index >= 15 is 0 Å². The van der Waals surface area contributed by atoms with Crippen molar-refractivity contribution in [1.29, 1.82) is 0 Å². The Kier molecular flexibility index (Phi) is 5.84. The maximum Gasteiger partial charge on any atom is 0.322 e. The molecule has 2 aliphatic rings.